The number of carbonyl (C=O) groups excluding carboxylic acids is 2. The minimum absolute atomic E-state index is 0.255. The van der Waals surface area contributed by atoms with Crippen LogP contribution < -0.4 is 10.6 Å². The molecule has 0 spiro atoms. The van der Waals surface area contributed by atoms with Gasteiger partial charge in [-0.3, -0.25) is 9.59 Å². The summed E-state index contributed by atoms with van der Waals surface area (Å²) in [6.45, 7) is 2.42. The molecule has 1 heterocycles. The first-order valence-electron chi connectivity index (χ1n) is 8.17. The molecule has 1 atom stereocenters. The van der Waals surface area contributed by atoms with Crippen molar-refractivity contribution in [2.75, 3.05) is 17.2 Å². The summed E-state index contributed by atoms with van der Waals surface area (Å²) < 4.78 is 1.21. The van der Waals surface area contributed by atoms with Crippen LogP contribution in [-0.4, -0.2) is 38.4 Å². The molecular weight excluding hydrogens is 332 g/mol. The van der Waals surface area contributed by atoms with E-state index in [-0.39, 0.29) is 5.95 Å². The van der Waals surface area contributed by atoms with Gasteiger partial charge in [-0.25, -0.2) is 0 Å². The van der Waals surface area contributed by atoms with E-state index in [2.05, 4.69) is 26.2 Å². The maximum absolute atomic E-state index is 13.0. The number of aromatic nitrogens is 4. The van der Waals surface area contributed by atoms with E-state index >= 15 is 0 Å². The molecule has 0 bridgehead atoms. The molecular formula is C18H18N6O2. The van der Waals surface area contributed by atoms with Crippen molar-refractivity contribution in [3.63, 3.8) is 0 Å². The minimum atomic E-state index is -1.23. The second-order valence-corrected chi connectivity index (χ2v) is 5.47. The van der Waals surface area contributed by atoms with Crippen LogP contribution in [0.4, 0.5) is 11.6 Å². The van der Waals surface area contributed by atoms with E-state index in [1.165, 1.54) is 4.68 Å². The lowest BCUT2D eigenvalue weighted by Gasteiger charge is -2.17. The highest BCUT2D eigenvalue weighted by Gasteiger charge is 2.33. The van der Waals surface area contributed by atoms with Gasteiger partial charge in [0.2, 0.25) is 5.95 Å². The number of ketones is 1. The SMILES string of the molecule is CCNc1nnnn1C(C(=O)Nc1ccccc1)C(=O)c1ccccc1. The average Bonchev–Trinajstić information content (AvgIpc) is 3.11. The van der Waals surface area contributed by atoms with E-state index in [0.29, 0.717) is 17.8 Å². The van der Waals surface area contributed by atoms with E-state index in [9.17, 15) is 9.59 Å². The Kier molecular flexibility index (Phi) is 5.33. The molecule has 0 fully saturated rings. The highest BCUT2D eigenvalue weighted by molar-refractivity contribution is 6.15. The van der Waals surface area contributed by atoms with Crippen molar-refractivity contribution >= 4 is 23.3 Å². The lowest BCUT2D eigenvalue weighted by Crippen LogP contribution is -2.34. The molecule has 26 heavy (non-hydrogen) atoms. The first-order chi connectivity index (χ1) is 12.7. The Morgan fingerprint density at radius 3 is 2.35 bits per heavy atom. The molecule has 0 saturated heterocycles. The number of para-hydroxylation sites is 1. The number of anilines is 2. The van der Waals surface area contributed by atoms with Gasteiger partial charge < -0.3 is 10.6 Å². The Balaban J connectivity index is 1.97. The zero-order valence-corrected chi connectivity index (χ0v) is 14.2. The zero-order chi connectivity index (χ0) is 18.4. The van der Waals surface area contributed by atoms with Crippen LogP contribution in [0, 0.1) is 0 Å². The maximum atomic E-state index is 13.0. The molecule has 1 unspecified atom stereocenters. The number of amides is 1. The molecule has 1 aromatic heterocycles. The molecule has 0 radical (unpaired) electrons. The van der Waals surface area contributed by atoms with Crippen LogP contribution in [0.1, 0.15) is 23.3 Å². The van der Waals surface area contributed by atoms with Crippen LogP contribution in [-0.2, 0) is 4.79 Å². The molecule has 8 nitrogen and oxygen atoms in total. The number of tetrazole rings is 1. The predicted octanol–water partition coefficient (Wildman–Crippen LogP) is 2.17. The van der Waals surface area contributed by atoms with Gasteiger partial charge in [0.15, 0.2) is 11.8 Å². The minimum Gasteiger partial charge on any atom is -0.353 e. The molecule has 8 heteroatoms. The molecule has 0 aliphatic carbocycles. The van der Waals surface area contributed by atoms with Gasteiger partial charge in [-0.05, 0) is 29.5 Å². The Morgan fingerprint density at radius 1 is 1.04 bits per heavy atom. The van der Waals surface area contributed by atoms with Crippen LogP contribution in [0.3, 0.4) is 0 Å². The third-order valence-electron chi connectivity index (χ3n) is 3.67. The van der Waals surface area contributed by atoms with Crippen molar-refractivity contribution in [3.05, 3.63) is 66.2 Å². The zero-order valence-electron chi connectivity index (χ0n) is 14.2. The average molecular weight is 350 g/mol. The summed E-state index contributed by atoms with van der Waals surface area (Å²) >= 11 is 0. The quantitative estimate of drug-likeness (QED) is 0.500. The molecule has 1 amide bonds. The number of nitrogens with one attached hydrogen (secondary N) is 2. The maximum Gasteiger partial charge on any atom is 0.257 e. The van der Waals surface area contributed by atoms with Crippen LogP contribution in [0.2, 0.25) is 0 Å². The van der Waals surface area contributed by atoms with Gasteiger partial charge in [0.25, 0.3) is 5.91 Å². The topological polar surface area (TPSA) is 102 Å². The van der Waals surface area contributed by atoms with E-state index in [1.54, 1.807) is 54.6 Å². The second kappa shape index (κ2) is 8.02. The van der Waals surface area contributed by atoms with Crippen LogP contribution in [0.25, 0.3) is 0 Å². The van der Waals surface area contributed by atoms with Crippen LogP contribution >= 0.6 is 0 Å². The van der Waals surface area contributed by atoms with Crippen molar-refractivity contribution in [1.29, 1.82) is 0 Å². The van der Waals surface area contributed by atoms with E-state index in [0.717, 1.165) is 0 Å². The molecule has 2 N–H and O–H groups in total. The third kappa shape index (κ3) is 3.75. The van der Waals surface area contributed by atoms with Gasteiger partial charge >= 0.3 is 0 Å². The largest absolute Gasteiger partial charge is 0.353 e. The highest BCUT2D eigenvalue weighted by Crippen LogP contribution is 2.19. The number of rotatable bonds is 7. The highest BCUT2D eigenvalue weighted by atomic mass is 16.2. The van der Waals surface area contributed by atoms with Crippen molar-refractivity contribution in [1.82, 2.24) is 20.2 Å². The fourth-order valence-electron chi connectivity index (χ4n) is 2.48. The number of nitrogens with zero attached hydrogens (tertiary/aromatic N) is 4. The van der Waals surface area contributed by atoms with Gasteiger partial charge in [0.05, 0.1) is 0 Å². The van der Waals surface area contributed by atoms with Crippen LogP contribution in [0.15, 0.2) is 60.7 Å². The fraction of sp³-hybridized carbons (Fsp3) is 0.167. The van der Waals surface area contributed by atoms with Crippen LogP contribution in [0.5, 0.6) is 0 Å². The normalized spacial score (nSPS) is 11.6. The predicted molar refractivity (Wildman–Crippen MR) is 96.9 cm³/mol. The van der Waals surface area contributed by atoms with Crippen molar-refractivity contribution in [2.45, 2.75) is 13.0 Å². The Hall–Kier alpha value is -3.55. The molecule has 132 valence electrons. The number of hydrogen-bond acceptors (Lipinski definition) is 6. The van der Waals surface area contributed by atoms with E-state index in [1.807, 2.05) is 13.0 Å². The van der Waals surface area contributed by atoms with Crippen molar-refractivity contribution in [2.24, 2.45) is 0 Å². The summed E-state index contributed by atoms with van der Waals surface area (Å²) in [5.41, 5.74) is 0.986. The monoisotopic (exact) mass is 350 g/mol. The molecule has 3 rings (SSSR count). The Bertz CT molecular complexity index is 879. The lowest BCUT2D eigenvalue weighted by atomic mass is 10.0. The first kappa shape index (κ1) is 17.3. The summed E-state index contributed by atoms with van der Waals surface area (Å²) in [6.07, 6.45) is 0. The fourth-order valence-corrected chi connectivity index (χ4v) is 2.48. The standard InChI is InChI=1S/C18H18N6O2/c1-2-19-18-21-22-23-24(18)15(16(25)13-9-5-3-6-10-13)17(26)20-14-11-7-4-8-12-14/h3-12,15H,2H2,1H3,(H,20,26)(H,19,21,23). The van der Waals surface area contributed by atoms with Crippen molar-refractivity contribution < 1.29 is 9.59 Å². The Labute approximate surface area is 150 Å². The van der Waals surface area contributed by atoms with Gasteiger partial charge in [0, 0.05) is 17.8 Å². The third-order valence-corrected chi connectivity index (χ3v) is 3.67. The number of Topliss-reactive ketones (excluding diaryl/α,β-unsaturated/α-hetero) is 1. The summed E-state index contributed by atoms with van der Waals surface area (Å²) in [5, 5.41) is 17.0. The van der Waals surface area contributed by atoms with E-state index < -0.39 is 17.7 Å². The second-order valence-electron chi connectivity index (χ2n) is 5.47. The van der Waals surface area contributed by atoms with E-state index in [4.69, 9.17) is 0 Å². The lowest BCUT2D eigenvalue weighted by molar-refractivity contribution is -0.118. The molecule has 3 aromatic rings. The van der Waals surface area contributed by atoms with Crippen molar-refractivity contribution in [3.8, 4) is 0 Å². The summed E-state index contributed by atoms with van der Waals surface area (Å²) in [7, 11) is 0. The van der Waals surface area contributed by atoms with Gasteiger partial charge in [-0.1, -0.05) is 53.6 Å². The molecule has 0 saturated carbocycles. The number of benzene rings is 2. The van der Waals surface area contributed by atoms with Gasteiger partial charge in [-0.2, -0.15) is 4.68 Å². The number of carbonyl (C=O) groups is 2. The molecule has 2 aromatic carbocycles. The number of hydrogen-bond donors (Lipinski definition) is 2. The summed E-state index contributed by atoms with van der Waals surface area (Å²) in [5.74, 6) is -0.660. The molecule has 0 aliphatic heterocycles. The summed E-state index contributed by atoms with van der Waals surface area (Å²) in [4.78, 5) is 25.9. The van der Waals surface area contributed by atoms with Gasteiger partial charge in [0.1, 0.15) is 0 Å². The molecule has 0 aliphatic rings. The Morgan fingerprint density at radius 2 is 1.69 bits per heavy atom. The van der Waals surface area contributed by atoms with Gasteiger partial charge in [-0.15, -0.1) is 0 Å². The smallest absolute Gasteiger partial charge is 0.257 e. The summed E-state index contributed by atoms with van der Waals surface area (Å²) in [6, 6.07) is 16.3. The first-order valence-corrected chi connectivity index (χ1v) is 8.17.